The van der Waals surface area contributed by atoms with Crippen LogP contribution in [0, 0.1) is 0 Å². The molecular weight excluding hydrogens is 224 g/mol. The third-order valence-corrected chi connectivity index (χ3v) is 2.36. The van der Waals surface area contributed by atoms with E-state index in [1.807, 2.05) is 0 Å². The van der Waals surface area contributed by atoms with Crippen molar-refractivity contribution >= 4 is 12.3 Å². The molecule has 1 aromatic rings. The second-order valence-electron chi connectivity index (χ2n) is 3.25. The number of carbonyl (C=O) groups is 2. The zero-order chi connectivity index (χ0) is 12.8. The van der Waals surface area contributed by atoms with Gasteiger partial charge >= 0.3 is 5.97 Å². The van der Waals surface area contributed by atoms with Gasteiger partial charge in [0.05, 0.1) is 21.3 Å². The maximum atomic E-state index is 11.4. The van der Waals surface area contributed by atoms with E-state index < -0.39 is 11.9 Å². The Labute approximate surface area is 99.3 Å². The van der Waals surface area contributed by atoms with Crippen LogP contribution in [0.1, 0.15) is 11.5 Å². The molecule has 0 saturated heterocycles. The van der Waals surface area contributed by atoms with Gasteiger partial charge in [0.15, 0.2) is 11.5 Å². The smallest absolute Gasteiger partial charge is 0.320 e. The molecule has 0 heterocycles. The SMILES string of the molecule is COC(=O)C(C=O)c1ccc(OC)c(OC)c1. The number of benzene rings is 1. The van der Waals surface area contributed by atoms with Crippen LogP contribution in [0.2, 0.25) is 0 Å². The molecule has 17 heavy (non-hydrogen) atoms. The van der Waals surface area contributed by atoms with Crippen LogP contribution in [-0.4, -0.2) is 33.6 Å². The van der Waals surface area contributed by atoms with Crippen molar-refractivity contribution in [1.29, 1.82) is 0 Å². The number of esters is 1. The summed E-state index contributed by atoms with van der Waals surface area (Å²) >= 11 is 0. The van der Waals surface area contributed by atoms with Crippen molar-refractivity contribution in [2.24, 2.45) is 0 Å². The molecule has 0 aliphatic carbocycles. The molecule has 1 aromatic carbocycles. The molecule has 5 heteroatoms. The molecule has 0 N–H and O–H groups in total. The van der Waals surface area contributed by atoms with Gasteiger partial charge in [0.25, 0.3) is 0 Å². The highest BCUT2D eigenvalue weighted by Crippen LogP contribution is 2.30. The van der Waals surface area contributed by atoms with Crippen molar-refractivity contribution in [1.82, 2.24) is 0 Å². The monoisotopic (exact) mass is 238 g/mol. The maximum Gasteiger partial charge on any atom is 0.320 e. The number of ether oxygens (including phenoxy) is 3. The number of hydrogen-bond acceptors (Lipinski definition) is 5. The third-order valence-electron chi connectivity index (χ3n) is 2.36. The summed E-state index contributed by atoms with van der Waals surface area (Å²) in [5, 5.41) is 0. The normalized spacial score (nSPS) is 11.5. The molecular formula is C12H14O5. The van der Waals surface area contributed by atoms with Gasteiger partial charge in [-0.3, -0.25) is 4.79 Å². The lowest BCUT2D eigenvalue weighted by atomic mass is 10.0. The molecule has 1 rings (SSSR count). The van der Waals surface area contributed by atoms with Crippen molar-refractivity contribution in [3.05, 3.63) is 23.8 Å². The molecule has 0 saturated carbocycles. The Morgan fingerprint density at radius 1 is 1.18 bits per heavy atom. The Morgan fingerprint density at radius 3 is 2.29 bits per heavy atom. The highest BCUT2D eigenvalue weighted by atomic mass is 16.5. The Hall–Kier alpha value is -2.04. The van der Waals surface area contributed by atoms with Crippen LogP contribution in [0.15, 0.2) is 18.2 Å². The summed E-state index contributed by atoms with van der Waals surface area (Å²) in [5.74, 6) is -0.557. The van der Waals surface area contributed by atoms with Crippen molar-refractivity contribution in [2.75, 3.05) is 21.3 Å². The second-order valence-corrected chi connectivity index (χ2v) is 3.25. The van der Waals surface area contributed by atoms with E-state index in [0.29, 0.717) is 23.3 Å². The molecule has 0 fully saturated rings. The lowest BCUT2D eigenvalue weighted by Crippen LogP contribution is -2.15. The van der Waals surface area contributed by atoms with Crippen LogP contribution in [0.4, 0.5) is 0 Å². The van der Waals surface area contributed by atoms with E-state index in [4.69, 9.17) is 9.47 Å². The number of rotatable bonds is 5. The Balaban J connectivity index is 3.13. The lowest BCUT2D eigenvalue weighted by Gasteiger charge is -2.12. The first-order valence-electron chi connectivity index (χ1n) is 4.93. The van der Waals surface area contributed by atoms with Gasteiger partial charge in [-0.2, -0.15) is 0 Å². The van der Waals surface area contributed by atoms with Crippen molar-refractivity contribution in [2.45, 2.75) is 5.92 Å². The standard InChI is InChI=1S/C12H14O5/c1-15-10-5-4-8(6-11(10)16-2)9(7-13)12(14)17-3/h4-7,9H,1-3H3. The fourth-order valence-electron chi connectivity index (χ4n) is 1.44. The zero-order valence-electron chi connectivity index (χ0n) is 9.93. The molecule has 0 radical (unpaired) electrons. The first-order valence-corrected chi connectivity index (χ1v) is 4.93. The molecule has 0 amide bonds. The molecule has 0 aromatic heterocycles. The largest absolute Gasteiger partial charge is 0.493 e. The number of methoxy groups -OCH3 is 3. The highest BCUT2D eigenvalue weighted by molar-refractivity contribution is 5.94. The van der Waals surface area contributed by atoms with Gasteiger partial charge in [-0.25, -0.2) is 0 Å². The summed E-state index contributed by atoms with van der Waals surface area (Å²) in [6.45, 7) is 0. The summed E-state index contributed by atoms with van der Waals surface area (Å²) < 4.78 is 14.7. The molecule has 0 bridgehead atoms. The van der Waals surface area contributed by atoms with Crippen LogP contribution in [0.3, 0.4) is 0 Å². The molecule has 0 aliphatic heterocycles. The van der Waals surface area contributed by atoms with Gasteiger partial charge in [-0.05, 0) is 17.7 Å². The summed E-state index contributed by atoms with van der Waals surface area (Å²) in [6.07, 6.45) is 0.535. The average Bonchev–Trinajstić information content (AvgIpc) is 2.38. The lowest BCUT2D eigenvalue weighted by molar-refractivity contribution is -0.143. The van der Waals surface area contributed by atoms with E-state index in [-0.39, 0.29) is 0 Å². The van der Waals surface area contributed by atoms with Gasteiger partial charge in [-0.15, -0.1) is 0 Å². The first-order chi connectivity index (χ1) is 8.17. The van der Waals surface area contributed by atoms with Crippen LogP contribution >= 0.6 is 0 Å². The van der Waals surface area contributed by atoms with Crippen LogP contribution in [0.5, 0.6) is 11.5 Å². The quantitative estimate of drug-likeness (QED) is 0.437. The zero-order valence-corrected chi connectivity index (χ0v) is 9.93. The Morgan fingerprint density at radius 2 is 1.82 bits per heavy atom. The molecule has 1 atom stereocenters. The van der Waals surface area contributed by atoms with Gasteiger partial charge in [0.1, 0.15) is 12.2 Å². The minimum atomic E-state index is -0.945. The van der Waals surface area contributed by atoms with Gasteiger partial charge in [-0.1, -0.05) is 6.07 Å². The fourth-order valence-corrected chi connectivity index (χ4v) is 1.44. The molecule has 92 valence electrons. The summed E-state index contributed by atoms with van der Waals surface area (Å²) in [5.41, 5.74) is 0.504. The molecule has 5 nitrogen and oxygen atoms in total. The van der Waals surface area contributed by atoms with Gasteiger partial charge < -0.3 is 19.0 Å². The summed E-state index contributed by atoms with van der Waals surface area (Å²) in [6, 6.07) is 4.83. The van der Waals surface area contributed by atoms with Gasteiger partial charge in [0.2, 0.25) is 0 Å². The molecule has 0 spiro atoms. The van der Waals surface area contributed by atoms with Crippen molar-refractivity contribution in [3.8, 4) is 11.5 Å². The van der Waals surface area contributed by atoms with E-state index in [0.717, 1.165) is 0 Å². The van der Waals surface area contributed by atoms with E-state index in [9.17, 15) is 9.59 Å². The van der Waals surface area contributed by atoms with Crippen LogP contribution in [-0.2, 0) is 14.3 Å². The summed E-state index contributed by atoms with van der Waals surface area (Å²) in [7, 11) is 4.23. The van der Waals surface area contributed by atoms with Crippen LogP contribution in [0.25, 0.3) is 0 Å². The fraction of sp³-hybridized carbons (Fsp3) is 0.333. The van der Waals surface area contributed by atoms with E-state index >= 15 is 0 Å². The van der Waals surface area contributed by atoms with Crippen LogP contribution < -0.4 is 9.47 Å². The van der Waals surface area contributed by atoms with Gasteiger partial charge in [0, 0.05) is 0 Å². The second kappa shape index (κ2) is 5.89. The van der Waals surface area contributed by atoms with Crippen molar-refractivity contribution < 1.29 is 23.8 Å². The first kappa shape index (κ1) is 13.0. The minimum Gasteiger partial charge on any atom is -0.493 e. The third kappa shape index (κ3) is 2.75. The number of aldehydes is 1. The molecule has 0 aliphatic rings. The minimum absolute atomic E-state index is 0.459. The Kier molecular flexibility index (Phi) is 4.51. The van der Waals surface area contributed by atoms with Crippen molar-refractivity contribution in [3.63, 3.8) is 0 Å². The maximum absolute atomic E-state index is 11.4. The predicted octanol–water partition coefficient (Wildman–Crippen LogP) is 1.16. The average molecular weight is 238 g/mol. The summed E-state index contributed by atoms with van der Waals surface area (Å²) in [4.78, 5) is 22.3. The van der Waals surface area contributed by atoms with E-state index in [1.165, 1.54) is 21.3 Å². The number of carbonyl (C=O) groups excluding carboxylic acids is 2. The topological polar surface area (TPSA) is 61.8 Å². The highest BCUT2D eigenvalue weighted by Gasteiger charge is 2.21. The number of hydrogen-bond donors (Lipinski definition) is 0. The molecule has 1 unspecified atom stereocenters. The Bertz CT molecular complexity index is 413. The van der Waals surface area contributed by atoms with E-state index in [1.54, 1.807) is 18.2 Å². The predicted molar refractivity (Wildman–Crippen MR) is 60.4 cm³/mol. The van der Waals surface area contributed by atoms with E-state index in [2.05, 4.69) is 4.74 Å².